The van der Waals surface area contributed by atoms with Crippen LogP contribution in [0.5, 0.6) is 11.5 Å². The summed E-state index contributed by atoms with van der Waals surface area (Å²) in [5, 5.41) is 4.98. The van der Waals surface area contributed by atoms with Crippen molar-refractivity contribution in [3.8, 4) is 22.8 Å². The summed E-state index contributed by atoms with van der Waals surface area (Å²) in [6, 6.07) is 8.08. The number of methoxy groups -OCH3 is 2. The van der Waals surface area contributed by atoms with Crippen LogP contribution in [0.1, 0.15) is 36.9 Å². The largest absolute Gasteiger partial charge is 0.493 e. The molecule has 0 unspecified atom stereocenters. The Hall–Kier alpha value is -2.76. The number of ether oxygens (including phenoxy) is 2. The van der Waals surface area contributed by atoms with Gasteiger partial charge in [-0.05, 0) is 44.9 Å². The molecule has 6 heteroatoms. The van der Waals surface area contributed by atoms with Crippen molar-refractivity contribution in [3.05, 3.63) is 35.5 Å². The predicted octanol–water partition coefficient (Wildman–Crippen LogP) is 4.41. The van der Waals surface area contributed by atoms with Crippen molar-refractivity contribution in [2.24, 2.45) is 0 Å². The normalized spacial score (nSPS) is 14.9. The Morgan fingerprint density at radius 3 is 2.29 bits per heavy atom. The van der Waals surface area contributed by atoms with E-state index in [2.05, 4.69) is 24.8 Å². The van der Waals surface area contributed by atoms with E-state index in [1.165, 1.54) is 25.7 Å². The van der Waals surface area contributed by atoms with Crippen molar-refractivity contribution in [2.45, 2.75) is 39.5 Å². The van der Waals surface area contributed by atoms with Crippen LogP contribution in [-0.2, 0) is 0 Å². The molecular weight excluding hydrogens is 352 g/mol. The summed E-state index contributed by atoms with van der Waals surface area (Å²) in [5.41, 5.74) is 4.94. The lowest BCUT2D eigenvalue weighted by Crippen LogP contribution is -2.26. The molecule has 1 saturated heterocycles. The van der Waals surface area contributed by atoms with Gasteiger partial charge in [-0.25, -0.2) is 4.98 Å². The molecule has 0 saturated carbocycles. The minimum Gasteiger partial charge on any atom is -0.493 e. The molecule has 28 heavy (non-hydrogen) atoms. The first kappa shape index (κ1) is 18.6. The molecule has 0 amide bonds. The fraction of sp³-hybridized carbons (Fsp3) is 0.455. The molecule has 0 atom stereocenters. The Kier molecular flexibility index (Phi) is 5.11. The van der Waals surface area contributed by atoms with E-state index in [0.717, 1.165) is 47.1 Å². The summed E-state index contributed by atoms with van der Waals surface area (Å²) in [6.07, 6.45) is 5.06. The molecule has 1 fully saturated rings. The second-order valence-electron chi connectivity index (χ2n) is 7.44. The van der Waals surface area contributed by atoms with Crippen molar-refractivity contribution in [1.82, 2.24) is 14.6 Å². The summed E-state index contributed by atoms with van der Waals surface area (Å²) < 4.78 is 12.9. The minimum atomic E-state index is 0.702. The third-order valence-corrected chi connectivity index (χ3v) is 5.52. The van der Waals surface area contributed by atoms with Gasteiger partial charge < -0.3 is 14.4 Å². The van der Waals surface area contributed by atoms with Crippen molar-refractivity contribution in [3.63, 3.8) is 0 Å². The predicted molar refractivity (Wildman–Crippen MR) is 112 cm³/mol. The Bertz CT molecular complexity index is 988. The molecule has 2 aromatic heterocycles. The first-order valence-corrected chi connectivity index (χ1v) is 9.96. The Morgan fingerprint density at radius 1 is 0.893 bits per heavy atom. The number of benzene rings is 1. The van der Waals surface area contributed by atoms with Crippen LogP contribution in [0.25, 0.3) is 16.9 Å². The highest BCUT2D eigenvalue weighted by Crippen LogP contribution is 2.34. The molecule has 0 spiro atoms. The lowest BCUT2D eigenvalue weighted by Gasteiger charge is -2.23. The third-order valence-electron chi connectivity index (χ3n) is 5.52. The number of rotatable bonds is 4. The van der Waals surface area contributed by atoms with Gasteiger partial charge in [-0.2, -0.15) is 9.61 Å². The number of fused-ring (bicyclic) bond motifs is 1. The molecule has 1 aromatic carbocycles. The van der Waals surface area contributed by atoms with Crippen LogP contribution in [0.15, 0.2) is 24.3 Å². The van der Waals surface area contributed by atoms with Gasteiger partial charge in [0.15, 0.2) is 17.1 Å². The van der Waals surface area contributed by atoms with Crippen LogP contribution in [0.3, 0.4) is 0 Å². The second-order valence-corrected chi connectivity index (χ2v) is 7.44. The Morgan fingerprint density at radius 2 is 1.61 bits per heavy atom. The monoisotopic (exact) mass is 380 g/mol. The molecule has 6 nitrogen and oxygen atoms in total. The highest BCUT2D eigenvalue weighted by molar-refractivity contribution is 5.73. The number of anilines is 1. The summed E-state index contributed by atoms with van der Waals surface area (Å²) in [6.45, 7) is 6.29. The van der Waals surface area contributed by atoms with E-state index in [1.807, 2.05) is 22.7 Å². The first-order valence-electron chi connectivity index (χ1n) is 9.96. The van der Waals surface area contributed by atoms with Gasteiger partial charge in [-0.1, -0.05) is 12.8 Å². The van der Waals surface area contributed by atoms with Crippen LogP contribution in [-0.4, -0.2) is 41.9 Å². The van der Waals surface area contributed by atoms with E-state index in [1.54, 1.807) is 14.2 Å². The van der Waals surface area contributed by atoms with Crippen LogP contribution in [0.2, 0.25) is 0 Å². The Labute approximate surface area is 166 Å². The van der Waals surface area contributed by atoms with Crippen molar-refractivity contribution >= 4 is 11.5 Å². The van der Waals surface area contributed by atoms with Crippen LogP contribution >= 0.6 is 0 Å². The summed E-state index contributed by atoms with van der Waals surface area (Å²) in [5.74, 6) is 2.56. The number of aryl methyl sites for hydroxylation is 2. The third kappa shape index (κ3) is 3.28. The van der Waals surface area contributed by atoms with E-state index in [0.29, 0.717) is 11.5 Å². The topological polar surface area (TPSA) is 51.9 Å². The molecular formula is C22H28N4O2. The van der Waals surface area contributed by atoms with Gasteiger partial charge >= 0.3 is 0 Å². The quantitative estimate of drug-likeness (QED) is 0.671. The molecule has 0 bridgehead atoms. The standard InChI is InChI=1S/C22H28N4O2/c1-15-13-20(25-11-7-5-6-8-12-25)26-22(23-15)16(2)21(24-26)17-9-10-18(27-3)19(14-17)28-4/h9-10,13-14H,5-8,11-12H2,1-4H3. The lowest BCUT2D eigenvalue weighted by atomic mass is 10.1. The zero-order valence-electron chi connectivity index (χ0n) is 17.2. The number of hydrogen-bond donors (Lipinski definition) is 0. The number of hydrogen-bond acceptors (Lipinski definition) is 5. The Balaban J connectivity index is 1.85. The van der Waals surface area contributed by atoms with Gasteiger partial charge in [0.25, 0.3) is 0 Å². The minimum absolute atomic E-state index is 0.702. The molecule has 0 N–H and O–H groups in total. The first-order chi connectivity index (χ1) is 13.6. The molecule has 3 aromatic rings. The van der Waals surface area contributed by atoms with Gasteiger partial charge in [0.05, 0.1) is 19.9 Å². The zero-order chi connectivity index (χ0) is 19.7. The van der Waals surface area contributed by atoms with Crippen molar-refractivity contribution in [1.29, 1.82) is 0 Å². The van der Waals surface area contributed by atoms with Crippen molar-refractivity contribution in [2.75, 3.05) is 32.2 Å². The summed E-state index contributed by atoms with van der Waals surface area (Å²) >= 11 is 0. The summed E-state index contributed by atoms with van der Waals surface area (Å²) in [7, 11) is 3.30. The average molecular weight is 380 g/mol. The molecule has 4 rings (SSSR count). The highest BCUT2D eigenvalue weighted by Gasteiger charge is 2.20. The van der Waals surface area contributed by atoms with Crippen LogP contribution in [0, 0.1) is 13.8 Å². The molecule has 1 aliphatic rings. The smallest absolute Gasteiger partial charge is 0.161 e. The van der Waals surface area contributed by atoms with Gasteiger partial charge in [-0.15, -0.1) is 0 Å². The van der Waals surface area contributed by atoms with E-state index in [4.69, 9.17) is 19.6 Å². The van der Waals surface area contributed by atoms with Gasteiger partial charge in [-0.3, -0.25) is 0 Å². The SMILES string of the molecule is COc1ccc(-c2nn3c(N4CCCCCC4)cc(C)nc3c2C)cc1OC. The maximum absolute atomic E-state index is 5.48. The summed E-state index contributed by atoms with van der Waals surface area (Å²) in [4.78, 5) is 7.25. The van der Waals surface area contributed by atoms with E-state index in [9.17, 15) is 0 Å². The van der Waals surface area contributed by atoms with Gasteiger partial charge in [0.2, 0.25) is 0 Å². The molecule has 148 valence electrons. The van der Waals surface area contributed by atoms with Crippen LogP contribution in [0.4, 0.5) is 5.82 Å². The fourth-order valence-corrected chi connectivity index (χ4v) is 4.01. The highest BCUT2D eigenvalue weighted by atomic mass is 16.5. The average Bonchev–Trinajstić information content (AvgIpc) is 2.89. The number of aromatic nitrogens is 3. The van der Waals surface area contributed by atoms with Gasteiger partial charge in [0, 0.05) is 36.0 Å². The maximum atomic E-state index is 5.48. The molecule has 0 aliphatic carbocycles. The van der Waals surface area contributed by atoms with E-state index < -0.39 is 0 Å². The van der Waals surface area contributed by atoms with E-state index >= 15 is 0 Å². The molecule has 3 heterocycles. The fourth-order valence-electron chi connectivity index (χ4n) is 4.01. The number of nitrogens with zero attached hydrogens (tertiary/aromatic N) is 4. The molecule has 1 aliphatic heterocycles. The zero-order valence-corrected chi connectivity index (χ0v) is 17.2. The molecule has 0 radical (unpaired) electrons. The van der Waals surface area contributed by atoms with E-state index in [-0.39, 0.29) is 0 Å². The second kappa shape index (κ2) is 7.70. The van der Waals surface area contributed by atoms with Crippen LogP contribution < -0.4 is 14.4 Å². The van der Waals surface area contributed by atoms with Gasteiger partial charge in [0.1, 0.15) is 5.82 Å². The van der Waals surface area contributed by atoms with Crippen molar-refractivity contribution < 1.29 is 9.47 Å². The lowest BCUT2D eigenvalue weighted by molar-refractivity contribution is 0.355. The maximum Gasteiger partial charge on any atom is 0.161 e.